The first-order chi connectivity index (χ1) is 12.5. The largest absolute Gasteiger partial charge is 0.442 e. The Labute approximate surface area is 171 Å². The lowest BCUT2D eigenvalue weighted by Crippen LogP contribution is -2.10. The zero-order valence-electron chi connectivity index (χ0n) is 16.3. The van der Waals surface area contributed by atoms with Crippen molar-refractivity contribution in [3.63, 3.8) is 0 Å². The van der Waals surface area contributed by atoms with Gasteiger partial charge in [0, 0.05) is 10.6 Å². The van der Waals surface area contributed by atoms with Crippen molar-refractivity contribution in [2.45, 2.75) is 58.3 Å². The Morgan fingerprint density at radius 3 is 1.70 bits per heavy atom. The van der Waals surface area contributed by atoms with Gasteiger partial charge in [0.1, 0.15) is 11.7 Å². The molecule has 1 unspecified atom stereocenters. The minimum absolute atomic E-state index is 0.0812. The molecule has 0 fully saturated rings. The van der Waals surface area contributed by atoms with E-state index in [1.165, 1.54) is 0 Å². The third-order valence-electron chi connectivity index (χ3n) is 4.17. The molecule has 4 N–H and O–H groups in total. The maximum Gasteiger partial charge on any atom is 0.336 e. The summed E-state index contributed by atoms with van der Waals surface area (Å²) in [6.07, 6.45) is 2.79. The number of aliphatic hydroxyl groups excluding tert-OH is 1. The van der Waals surface area contributed by atoms with Crippen LogP contribution in [0.3, 0.4) is 0 Å². The van der Waals surface area contributed by atoms with Crippen LogP contribution in [-0.2, 0) is 42.1 Å². The summed E-state index contributed by atoms with van der Waals surface area (Å²) in [5, 5.41) is 9.26. The first kappa shape index (κ1) is 25.1. The van der Waals surface area contributed by atoms with Crippen molar-refractivity contribution in [2.75, 3.05) is 18.3 Å². The van der Waals surface area contributed by atoms with Crippen LogP contribution in [0.1, 0.15) is 49.9 Å². The third kappa shape index (κ3) is 6.83. The van der Waals surface area contributed by atoms with Crippen molar-refractivity contribution in [1.82, 2.24) is 0 Å². The van der Waals surface area contributed by atoms with Crippen LogP contribution in [0.2, 0.25) is 0 Å². The van der Waals surface area contributed by atoms with Crippen molar-refractivity contribution in [3.8, 4) is 5.75 Å². The van der Waals surface area contributed by atoms with Crippen LogP contribution >= 0.6 is 25.8 Å². The summed E-state index contributed by atoms with van der Waals surface area (Å²) in [7, 11) is -4.49. The molecular formula is C17H30O6P2S2. The Balaban J connectivity index is 3.67. The first-order valence-electron chi connectivity index (χ1n) is 9.04. The van der Waals surface area contributed by atoms with Gasteiger partial charge in [0.15, 0.2) is 0 Å². The fourth-order valence-electron chi connectivity index (χ4n) is 3.24. The summed E-state index contributed by atoms with van der Waals surface area (Å²) in [5.74, 6) is 0.232. The molecule has 0 saturated heterocycles. The Bertz CT molecular complexity index is 714. The fraction of sp³-hybridized carbons (Fsp3) is 0.647. The highest BCUT2D eigenvalue weighted by Crippen LogP contribution is 2.57. The van der Waals surface area contributed by atoms with E-state index in [0.29, 0.717) is 24.3 Å². The summed E-state index contributed by atoms with van der Waals surface area (Å²) in [6.45, 7) is 4.43. The second-order valence-electron chi connectivity index (χ2n) is 6.09. The monoisotopic (exact) mass is 456 g/mol. The van der Waals surface area contributed by atoms with Gasteiger partial charge in [-0.25, -0.2) is 0 Å². The number of hydrogen-bond donors (Lipinski definition) is 4. The van der Waals surface area contributed by atoms with Crippen LogP contribution in [0.5, 0.6) is 5.75 Å². The summed E-state index contributed by atoms with van der Waals surface area (Å²) >= 11 is 6.67. The van der Waals surface area contributed by atoms with Crippen molar-refractivity contribution in [1.29, 1.82) is 0 Å². The predicted octanol–water partition coefficient (Wildman–Crippen LogP) is 3.84. The van der Waals surface area contributed by atoms with E-state index in [9.17, 15) is 24.4 Å². The lowest BCUT2D eigenvalue weighted by Gasteiger charge is -2.27. The Hall–Kier alpha value is 0.0900. The number of hydrogen-bond acceptors (Lipinski definition) is 5. The van der Waals surface area contributed by atoms with Gasteiger partial charge in [0.05, 0.1) is 6.61 Å². The Morgan fingerprint density at radius 1 is 0.926 bits per heavy atom. The van der Waals surface area contributed by atoms with Crippen LogP contribution in [0.4, 0.5) is 0 Å². The molecule has 0 amide bonds. The molecule has 0 aromatic heterocycles. The zero-order chi connectivity index (χ0) is 20.8. The molecule has 27 heavy (non-hydrogen) atoms. The average molecular weight is 457 g/mol. The lowest BCUT2D eigenvalue weighted by atomic mass is 9.91. The van der Waals surface area contributed by atoms with Crippen molar-refractivity contribution in [2.24, 2.45) is 0 Å². The first-order valence-corrected chi connectivity index (χ1v) is 14.7. The molecule has 0 saturated carbocycles. The normalized spacial score (nSPS) is 14.2. The van der Waals surface area contributed by atoms with Gasteiger partial charge in [0.2, 0.25) is 6.49 Å². The molecule has 0 radical (unpaired) electrons. The minimum atomic E-state index is -4.49. The van der Waals surface area contributed by atoms with Gasteiger partial charge in [-0.1, -0.05) is 27.7 Å². The smallest absolute Gasteiger partial charge is 0.336 e. The molecule has 156 valence electrons. The molecule has 6 nitrogen and oxygen atoms in total. The summed E-state index contributed by atoms with van der Waals surface area (Å²) < 4.78 is 17.2. The second-order valence-corrected chi connectivity index (χ2v) is 12.8. The van der Waals surface area contributed by atoms with Gasteiger partial charge in [-0.15, -0.1) is 11.8 Å². The fourth-order valence-corrected chi connectivity index (χ4v) is 8.60. The standard InChI is InChI=1S/C17H30O6P2S2/c1-5-12-14(7-3)17(27-10-9-18)15(8-4)13(6-2)16(12)23-25(22,26)11-24(19,20)21/h18H,5-11H2,1-4H3,(H,22,26)(H2,19,20,21). The van der Waals surface area contributed by atoms with Gasteiger partial charge in [-0.3, -0.25) is 4.57 Å². The van der Waals surface area contributed by atoms with Gasteiger partial charge >= 0.3 is 7.60 Å². The summed E-state index contributed by atoms with van der Waals surface area (Å²) in [5.41, 5.74) is 4.01. The summed E-state index contributed by atoms with van der Waals surface area (Å²) in [4.78, 5) is 30.1. The highest BCUT2D eigenvalue weighted by atomic mass is 32.5. The number of benzene rings is 1. The molecule has 0 heterocycles. The van der Waals surface area contributed by atoms with Crippen molar-refractivity contribution >= 4 is 37.7 Å². The Kier molecular flexibility index (Phi) is 10.0. The molecule has 1 rings (SSSR count). The number of aliphatic hydroxyl groups is 1. The van der Waals surface area contributed by atoms with Crippen LogP contribution < -0.4 is 4.52 Å². The maximum absolute atomic E-state index is 11.4. The molecule has 0 spiro atoms. The molecule has 1 aromatic carbocycles. The van der Waals surface area contributed by atoms with Crippen LogP contribution in [-0.4, -0.2) is 38.0 Å². The van der Waals surface area contributed by atoms with Gasteiger partial charge in [0.25, 0.3) is 0 Å². The van der Waals surface area contributed by atoms with Crippen LogP contribution in [0.15, 0.2) is 4.90 Å². The highest BCUT2D eigenvalue weighted by molar-refractivity contribution is 8.12. The van der Waals surface area contributed by atoms with E-state index in [4.69, 9.17) is 16.3 Å². The van der Waals surface area contributed by atoms with Crippen LogP contribution in [0, 0.1) is 0 Å². The SMILES string of the molecule is CCc1c(CC)c(SCCO)c(CC)c(CC)c1OP(O)(=S)CP(=O)(O)O. The van der Waals surface area contributed by atoms with Gasteiger partial charge < -0.3 is 24.3 Å². The third-order valence-corrected chi connectivity index (χ3v) is 9.98. The molecule has 10 heteroatoms. The number of rotatable bonds is 11. The molecule has 1 atom stereocenters. The zero-order valence-corrected chi connectivity index (χ0v) is 19.7. The molecule has 0 aliphatic heterocycles. The van der Waals surface area contributed by atoms with Crippen molar-refractivity contribution in [3.05, 3.63) is 22.3 Å². The highest BCUT2D eigenvalue weighted by Gasteiger charge is 2.31. The molecule has 0 aliphatic rings. The average Bonchev–Trinajstić information content (AvgIpc) is 2.56. The van der Waals surface area contributed by atoms with Crippen LogP contribution in [0.25, 0.3) is 0 Å². The van der Waals surface area contributed by atoms with E-state index < -0.39 is 20.0 Å². The van der Waals surface area contributed by atoms with Crippen molar-refractivity contribution < 1.29 is 28.9 Å². The molecule has 0 bridgehead atoms. The lowest BCUT2D eigenvalue weighted by molar-refractivity contribution is 0.322. The van der Waals surface area contributed by atoms with E-state index in [2.05, 4.69) is 0 Å². The van der Waals surface area contributed by atoms with E-state index >= 15 is 0 Å². The quantitative estimate of drug-likeness (QED) is 0.294. The van der Waals surface area contributed by atoms with Gasteiger partial charge in [-0.2, -0.15) is 0 Å². The minimum Gasteiger partial charge on any atom is -0.442 e. The summed E-state index contributed by atoms with van der Waals surface area (Å²) in [6, 6.07) is 0. The van der Waals surface area contributed by atoms with Gasteiger partial charge in [-0.05, 0) is 59.7 Å². The number of thioether (sulfide) groups is 1. The van der Waals surface area contributed by atoms with E-state index in [-0.39, 0.29) is 6.61 Å². The van der Waals surface area contributed by atoms with E-state index in [0.717, 1.165) is 40.0 Å². The van der Waals surface area contributed by atoms with E-state index in [1.54, 1.807) is 11.8 Å². The topological polar surface area (TPSA) is 107 Å². The maximum atomic E-state index is 11.4. The molecular weight excluding hydrogens is 426 g/mol. The second kappa shape index (κ2) is 10.7. The Morgan fingerprint density at radius 2 is 1.37 bits per heavy atom. The molecule has 1 aromatic rings. The predicted molar refractivity (Wildman–Crippen MR) is 116 cm³/mol. The molecule has 0 aliphatic carbocycles. The van der Waals surface area contributed by atoms with E-state index in [1.807, 2.05) is 27.7 Å².